The Bertz CT molecular complexity index is 680. The van der Waals surface area contributed by atoms with E-state index in [2.05, 4.69) is 32.1 Å². The van der Waals surface area contributed by atoms with E-state index in [1.807, 2.05) is 6.08 Å². The zero-order chi connectivity index (χ0) is 16.4. The first-order valence-electron chi connectivity index (χ1n) is 9.00. The largest absolute Gasteiger partial charge is 0.300 e. The Hall–Kier alpha value is -1.44. The van der Waals surface area contributed by atoms with Crippen molar-refractivity contribution in [3.8, 4) is 0 Å². The zero-order valence-corrected chi connectivity index (χ0v) is 14.4. The first-order valence-corrected chi connectivity index (χ1v) is 9.00. The highest BCUT2D eigenvalue weighted by Crippen LogP contribution is 2.62. The topological polar surface area (TPSA) is 34.1 Å². The zero-order valence-electron chi connectivity index (χ0n) is 14.4. The highest BCUT2D eigenvalue weighted by Gasteiger charge is 2.55. The van der Waals surface area contributed by atoms with Gasteiger partial charge in [0.2, 0.25) is 0 Å². The number of fused-ring (bicyclic) bond motifs is 5. The van der Waals surface area contributed by atoms with E-state index < -0.39 is 0 Å². The van der Waals surface area contributed by atoms with E-state index in [-0.39, 0.29) is 22.5 Å². The van der Waals surface area contributed by atoms with Crippen LogP contribution in [0.15, 0.2) is 35.5 Å². The van der Waals surface area contributed by atoms with Crippen molar-refractivity contribution in [3.63, 3.8) is 0 Å². The molecule has 0 radical (unpaired) electrons. The van der Waals surface area contributed by atoms with Crippen LogP contribution in [0.1, 0.15) is 52.9 Å². The minimum Gasteiger partial charge on any atom is -0.300 e. The average Bonchev–Trinajstić information content (AvgIpc) is 2.85. The molecular weight excluding hydrogens is 284 g/mol. The molecule has 0 saturated heterocycles. The van der Waals surface area contributed by atoms with Crippen molar-refractivity contribution >= 4 is 11.6 Å². The van der Waals surface area contributed by atoms with Crippen LogP contribution in [0.5, 0.6) is 0 Å². The summed E-state index contributed by atoms with van der Waals surface area (Å²) in [6.07, 6.45) is 13.6. The molecule has 122 valence electrons. The van der Waals surface area contributed by atoms with Gasteiger partial charge >= 0.3 is 0 Å². The van der Waals surface area contributed by atoms with Gasteiger partial charge in [-0.3, -0.25) is 9.59 Å². The number of allylic oxidation sites excluding steroid dienone is 6. The molecule has 23 heavy (non-hydrogen) atoms. The van der Waals surface area contributed by atoms with Crippen molar-refractivity contribution < 1.29 is 9.59 Å². The van der Waals surface area contributed by atoms with Crippen molar-refractivity contribution in [2.24, 2.45) is 28.6 Å². The quantitative estimate of drug-likeness (QED) is 0.672. The molecule has 5 atom stereocenters. The molecule has 4 aliphatic carbocycles. The molecule has 4 rings (SSSR count). The molecule has 1 fully saturated rings. The van der Waals surface area contributed by atoms with Crippen LogP contribution >= 0.6 is 0 Å². The predicted octanol–water partition coefficient (Wildman–Crippen LogP) is 4.42. The number of ketones is 2. The van der Waals surface area contributed by atoms with Crippen molar-refractivity contribution in [1.29, 1.82) is 0 Å². The molecule has 1 saturated carbocycles. The Morgan fingerprint density at radius 2 is 2.04 bits per heavy atom. The van der Waals surface area contributed by atoms with Gasteiger partial charge in [0.1, 0.15) is 5.78 Å². The lowest BCUT2D eigenvalue weighted by Crippen LogP contribution is -2.43. The summed E-state index contributed by atoms with van der Waals surface area (Å²) in [5, 5.41) is 0. The number of hydrogen-bond acceptors (Lipinski definition) is 2. The number of Topliss-reactive ketones (excluding diaryl/α,β-unsaturated/α-hetero) is 1. The highest BCUT2D eigenvalue weighted by atomic mass is 16.1. The van der Waals surface area contributed by atoms with Gasteiger partial charge in [0.25, 0.3) is 0 Å². The number of carbonyl (C=O) groups excluding carboxylic acids is 2. The van der Waals surface area contributed by atoms with Gasteiger partial charge < -0.3 is 0 Å². The second kappa shape index (κ2) is 4.78. The van der Waals surface area contributed by atoms with Gasteiger partial charge in [-0.25, -0.2) is 0 Å². The van der Waals surface area contributed by atoms with Crippen LogP contribution in [0.3, 0.4) is 0 Å². The van der Waals surface area contributed by atoms with Crippen molar-refractivity contribution in [2.75, 3.05) is 0 Å². The van der Waals surface area contributed by atoms with E-state index in [4.69, 9.17) is 0 Å². The maximum Gasteiger partial charge on any atom is 0.156 e. The third kappa shape index (κ3) is 1.93. The molecule has 0 aromatic carbocycles. The minimum atomic E-state index is 0.0307. The SMILES string of the molecule is CC(=O)[C@H]1CC[C@H]2[C@@H]3C=CC4=CC(=O)CC[C@]4(C)C3=CC[C@]12C. The van der Waals surface area contributed by atoms with Crippen LogP contribution in [-0.2, 0) is 9.59 Å². The highest BCUT2D eigenvalue weighted by molar-refractivity contribution is 5.92. The Kier molecular flexibility index (Phi) is 3.14. The van der Waals surface area contributed by atoms with Crippen LogP contribution in [-0.4, -0.2) is 11.6 Å². The third-order valence-electron chi connectivity index (χ3n) is 7.40. The Morgan fingerprint density at radius 1 is 1.26 bits per heavy atom. The normalized spacial score (nSPS) is 44.8. The van der Waals surface area contributed by atoms with Crippen molar-refractivity contribution in [3.05, 3.63) is 35.5 Å². The fourth-order valence-corrected chi connectivity index (χ4v) is 6.00. The van der Waals surface area contributed by atoms with Gasteiger partial charge in [-0.2, -0.15) is 0 Å². The van der Waals surface area contributed by atoms with Crippen molar-refractivity contribution in [1.82, 2.24) is 0 Å². The molecule has 0 spiro atoms. The first-order chi connectivity index (χ1) is 10.9. The van der Waals surface area contributed by atoms with E-state index in [0.29, 0.717) is 24.0 Å². The Balaban J connectivity index is 1.78. The second-order valence-electron chi connectivity index (χ2n) is 8.50. The summed E-state index contributed by atoms with van der Waals surface area (Å²) < 4.78 is 0. The molecule has 0 heterocycles. The monoisotopic (exact) mass is 310 g/mol. The molecule has 0 aromatic rings. The molecule has 0 aliphatic heterocycles. The molecular formula is C21H26O2. The van der Waals surface area contributed by atoms with Gasteiger partial charge in [-0.15, -0.1) is 0 Å². The minimum absolute atomic E-state index is 0.0307. The van der Waals surface area contributed by atoms with Crippen LogP contribution in [0.4, 0.5) is 0 Å². The molecule has 0 N–H and O–H groups in total. The molecule has 4 aliphatic rings. The van der Waals surface area contributed by atoms with Crippen LogP contribution < -0.4 is 0 Å². The first kappa shape index (κ1) is 15.1. The fourth-order valence-electron chi connectivity index (χ4n) is 6.00. The van der Waals surface area contributed by atoms with E-state index in [0.717, 1.165) is 25.7 Å². The maximum absolute atomic E-state index is 12.1. The molecule has 0 amide bonds. The molecule has 2 nitrogen and oxygen atoms in total. The van der Waals surface area contributed by atoms with Crippen molar-refractivity contribution in [2.45, 2.75) is 52.9 Å². The van der Waals surface area contributed by atoms with Gasteiger partial charge in [-0.05, 0) is 55.6 Å². The Morgan fingerprint density at radius 3 is 2.78 bits per heavy atom. The third-order valence-corrected chi connectivity index (χ3v) is 7.40. The summed E-state index contributed by atoms with van der Waals surface area (Å²) >= 11 is 0. The molecule has 0 aromatic heterocycles. The lowest BCUT2D eigenvalue weighted by atomic mass is 9.53. The Labute approximate surface area is 138 Å². The van der Waals surface area contributed by atoms with Crippen LogP contribution in [0.2, 0.25) is 0 Å². The standard InChI is InChI=1S/C21H26O2/c1-13(22)17-6-7-18-16-5-4-14-12-15(23)8-10-20(14,2)19(16)9-11-21(17,18)3/h4-5,9,12,16-18H,6-8,10-11H2,1-3H3/t16-,17+,18-,20-,21+/m0/s1. The second-order valence-corrected chi connectivity index (χ2v) is 8.50. The summed E-state index contributed by atoms with van der Waals surface area (Å²) in [4.78, 5) is 23.9. The predicted molar refractivity (Wildman–Crippen MR) is 90.8 cm³/mol. The smallest absolute Gasteiger partial charge is 0.156 e. The summed E-state index contributed by atoms with van der Waals surface area (Å²) in [7, 11) is 0. The van der Waals surface area contributed by atoms with Gasteiger partial charge in [0.15, 0.2) is 5.78 Å². The summed E-state index contributed by atoms with van der Waals surface area (Å²) in [5.41, 5.74) is 2.86. The molecule has 0 bridgehead atoms. The summed E-state index contributed by atoms with van der Waals surface area (Å²) in [6, 6.07) is 0. The fraction of sp³-hybridized carbons (Fsp3) is 0.619. The summed E-state index contributed by atoms with van der Waals surface area (Å²) in [5.74, 6) is 1.87. The number of hydrogen-bond donors (Lipinski definition) is 0. The number of rotatable bonds is 1. The maximum atomic E-state index is 12.1. The summed E-state index contributed by atoms with van der Waals surface area (Å²) in [6.45, 7) is 6.41. The van der Waals surface area contributed by atoms with E-state index in [9.17, 15) is 9.59 Å². The van der Waals surface area contributed by atoms with Crippen LogP contribution in [0, 0.1) is 28.6 Å². The average molecular weight is 310 g/mol. The van der Waals surface area contributed by atoms with E-state index >= 15 is 0 Å². The van der Waals surface area contributed by atoms with E-state index in [1.165, 1.54) is 11.1 Å². The molecule has 0 unspecified atom stereocenters. The lowest BCUT2D eigenvalue weighted by Gasteiger charge is -2.51. The molecule has 2 heteroatoms. The number of carbonyl (C=O) groups is 2. The van der Waals surface area contributed by atoms with E-state index in [1.54, 1.807) is 6.92 Å². The van der Waals surface area contributed by atoms with Gasteiger partial charge in [0, 0.05) is 23.7 Å². The lowest BCUT2D eigenvalue weighted by molar-refractivity contribution is -0.124. The van der Waals surface area contributed by atoms with Gasteiger partial charge in [-0.1, -0.05) is 37.6 Å². The van der Waals surface area contributed by atoms with Gasteiger partial charge in [0.05, 0.1) is 0 Å². The van der Waals surface area contributed by atoms with Crippen LogP contribution in [0.25, 0.3) is 0 Å².